The lowest BCUT2D eigenvalue weighted by Crippen LogP contribution is -2.14. The highest BCUT2D eigenvalue weighted by atomic mass is 19.1. The number of carbonyl (C=O) groups excluding carboxylic acids is 1. The largest absolute Gasteiger partial charge is 0.489 e. The molecule has 0 aromatic heterocycles. The molecule has 0 saturated carbocycles. The number of Topliss-reactive ketones (excluding diaryl/α,β-unsaturated/α-hetero) is 1. The average Bonchev–Trinajstić information content (AvgIpc) is 2.54. The Morgan fingerprint density at radius 2 is 1.67 bits per heavy atom. The maximum atomic E-state index is 13.5. The molecule has 2 aromatic rings. The first-order chi connectivity index (χ1) is 11.4. The summed E-state index contributed by atoms with van der Waals surface area (Å²) in [5.41, 5.74) is 0.181. The standard InChI is InChI=1S/C18H16F2O4/c1-11(18(22)23)9-17(21)12-5-7-13(8-6-12)24-10-14-15(19)3-2-4-16(14)20/h2-8,11H,9-10H2,1H3,(H,22,23). The number of carboxylic acids is 1. The SMILES string of the molecule is CC(CC(=O)c1ccc(OCc2c(F)cccc2F)cc1)C(=O)O. The zero-order valence-corrected chi connectivity index (χ0v) is 13.0. The normalized spacial score (nSPS) is 11.8. The van der Waals surface area contributed by atoms with Gasteiger partial charge < -0.3 is 9.84 Å². The number of ether oxygens (including phenoxy) is 1. The molecule has 0 amide bonds. The molecule has 0 aliphatic heterocycles. The topological polar surface area (TPSA) is 63.6 Å². The van der Waals surface area contributed by atoms with E-state index in [-0.39, 0.29) is 24.4 Å². The van der Waals surface area contributed by atoms with Crippen molar-refractivity contribution in [1.82, 2.24) is 0 Å². The Morgan fingerprint density at radius 1 is 1.08 bits per heavy atom. The van der Waals surface area contributed by atoms with Gasteiger partial charge in [0.25, 0.3) is 0 Å². The quantitative estimate of drug-likeness (QED) is 0.782. The highest BCUT2D eigenvalue weighted by molar-refractivity contribution is 5.97. The number of carboxylic acid groups (broad SMARTS) is 1. The molecule has 0 fully saturated rings. The van der Waals surface area contributed by atoms with E-state index < -0.39 is 23.5 Å². The molecular weight excluding hydrogens is 318 g/mol. The number of ketones is 1. The maximum absolute atomic E-state index is 13.5. The van der Waals surface area contributed by atoms with Crippen molar-refractivity contribution in [3.05, 3.63) is 65.2 Å². The van der Waals surface area contributed by atoms with Crippen LogP contribution in [0, 0.1) is 17.6 Å². The molecule has 2 aromatic carbocycles. The third-order valence-electron chi connectivity index (χ3n) is 3.53. The van der Waals surface area contributed by atoms with Crippen LogP contribution in [0.4, 0.5) is 8.78 Å². The molecule has 2 rings (SSSR count). The number of rotatable bonds is 7. The van der Waals surface area contributed by atoms with Gasteiger partial charge in [0.05, 0.1) is 11.5 Å². The molecule has 0 aliphatic carbocycles. The van der Waals surface area contributed by atoms with Crippen LogP contribution in [-0.2, 0) is 11.4 Å². The summed E-state index contributed by atoms with van der Waals surface area (Å²) < 4.78 is 32.3. The van der Waals surface area contributed by atoms with Crippen molar-refractivity contribution in [2.75, 3.05) is 0 Å². The third-order valence-corrected chi connectivity index (χ3v) is 3.53. The lowest BCUT2D eigenvalue weighted by molar-refractivity contribution is -0.141. The number of carbonyl (C=O) groups is 2. The van der Waals surface area contributed by atoms with Crippen molar-refractivity contribution >= 4 is 11.8 Å². The Morgan fingerprint density at radius 3 is 2.21 bits per heavy atom. The molecule has 0 spiro atoms. The number of hydrogen-bond donors (Lipinski definition) is 1. The Balaban J connectivity index is 1.99. The van der Waals surface area contributed by atoms with Crippen molar-refractivity contribution in [3.63, 3.8) is 0 Å². The second kappa shape index (κ2) is 7.68. The van der Waals surface area contributed by atoms with Crippen LogP contribution in [0.25, 0.3) is 0 Å². The van der Waals surface area contributed by atoms with Crippen LogP contribution in [0.1, 0.15) is 29.3 Å². The van der Waals surface area contributed by atoms with Crippen LogP contribution < -0.4 is 4.74 Å². The zero-order valence-electron chi connectivity index (χ0n) is 13.0. The Labute approximate surface area is 137 Å². The minimum Gasteiger partial charge on any atom is -0.489 e. The fourth-order valence-electron chi connectivity index (χ4n) is 2.05. The summed E-state index contributed by atoms with van der Waals surface area (Å²) in [4.78, 5) is 22.7. The number of aliphatic carboxylic acids is 1. The van der Waals surface area contributed by atoms with E-state index in [0.717, 1.165) is 12.1 Å². The van der Waals surface area contributed by atoms with Crippen molar-refractivity contribution in [2.45, 2.75) is 20.0 Å². The first-order valence-corrected chi connectivity index (χ1v) is 7.30. The van der Waals surface area contributed by atoms with Crippen LogP contribution in [0.15, 0.2) is 42.5 Å². The molecular formula is C18H16F2O4. The fraction of sp³-hybridized carbons (Fsp3) is 0.222. The van der Waals surface area contributed by atoms with E-state index in [9.17, 15) is 18.4 Å². The van der Waals surface area contributed by atoms with Crippen molar-refractivity contribution in [2.24, 2.45) is 5.92 Å². The highest BCUT2D eigenvalue weighted by Gasteiger charge is 2.17. The van der Waals surface area contributed by atoms with Crippen molar-refractivity contribution < 1.29 is 28.2 Å². The van der Waals surface area contributed by atoms with Crippen LogP contribution in [0.5, 0.6) is 5.75 Å². The summed E-state index contributed by atoms with van der Waals surface area (Å²) in [7, 11) is 0. The molecule has 6 heteroatoms. The summed E-state index contributed by atoms with van der Waals surface area (Å²) in [6, 6.07) is 9.54. The van der Waals surface area contributed by atoms with Crippen LogP contribution in [0.3, 0.4) is 0 Å². The summed E-state index contributed by atoms with van der Waals surface area (Å²) in [5, 5.41) is 8.81. The lowest BCUT2D eigenvalue weighted by Gasteiger charge is -2.09. The van der Waals surface area contributed by atoms with E-state index in [1.54, 1.807) is 0 Å². The van der Waals surface area contributed by atoms with Gasteiger partial charge in [0, 0.05) is 12.0 Å². The second-order valence-corrected chi connectivity index (χ2v) is 5.38. The van der Waals surface area contributed by atoms with E-state index in [0.29, 0.717) is 11.3 Å². The van der Waals surface area contributed by atoms with Crippen LogP contribution in [-0.4, -0.2) is 16.9 Å². The molecule has 1 unspecified atom stereocenters. The van der Waals surface area contributed by atoms with E-state index >= 15 is 0 Å². The van der Waals surface area contributed by atoms with E-state index in [1.165, 1.54) is 37.3 Å². The number of benzene rings is 2. The first-order valence-electron chi connectivity index (χ1n) is 7.30. The number of hydrogen-bond acceptors (Lipinski definition) is 3. The predicted molar refractivity (Wildman–Crippen MR) is 82.9 cm³/mol. The average molecular weight is 334 g/mol. The fourth-order valence-corrected chi connectivity index (χ4v) is 2.05. The maximum Gasteiger partial charge on any atom is 0.306 e. The summed E-state index contributed by atoms with van der Waals surface area (Å²) in [6.07, 6.45) is -0.101. The monoisotopic (exact) mass is 334 g/mol. The smallest absolute Gasteiger partial charge is 0.306 e. The van der Waals surface area contributed by atoms with Gasteiger partial charge in [-0.1, -0.05) is 13.0 Å². The van der Waals surface area contributed by atoms with E-state index in [4.69, 9.17) is 9.84 Å². The minimum absolute atomic E-state index is 0.101. The zero-order chi connectivity index (χ0) is 17.7. The van der Waals surface area contributed by atoms with E-state index in [1.807, 2.05) is 0 Å². The minimum atomic E-state index is -1.03. The molecule has 1 N–H and O–H groups in total. The van der Waals surface area contributed by atoms with Gasteiger partial charge in [0.15, 0.2) is 5.78 Å². The second-order valence-electron chi connectivity index (χ2n) is 5.38. The van der Waals surface area contributed by atoms with Gasteiger partial charge in [0.2, 0.25) is 0 Å². The van der Waals surface area contributed by atoms with Crippen molar-refractivity contribution in [1.29, 1.82) is 0 Å². The van der Waals surface area contributed by atoms with Crippen LogP contribution in [0.2, 0.25) is 0 Å². The van der Waals surface area contributed by atoms with Gasteiger partial charge in [-0.3, -0.25) is 9.59 Å². The van der Waals surface area contributed by atoms with Gasteiger partial charge in [-0.25, -0.2) is 8.78 Å². The molecule has 0 bridgehead atoms. The van der Waals surface area contributed by atoms with Gasteiger partial charge in [-0.2, -0.15) is 0 Å². The molecule has 24 heavy (non-hydrogen) atoms. The number of halogens is 2. The predicted octanol–water partition coefficient (Wildman–Crippen LogP) is 3.84. The summed E-state index contributed by atoms with van der Waals surface area (Å²) >= 11 is 0. The molecule has 0 radical (unpaired) electrons. The van der Waals surface area contributed by atoms with Crippen LogP contribution >= 0.6 is 0 Å². The molecule has 4 nitrogen and oxygen atoms in total. The molecule has 0 saturated heterocycles. The van der Waals surface area contributed by atoms with Gasteiger partial charge >= 0.3 is 5.97 Å². The van der Waals surface area contributed by atoms with Gasteiger partial charge in [-0.05, 0) is 36.4 Å². The van der Waals surface area contributed by atoms with Gasteiger partial charge in [-0.15, -0.1) is 0 Å². The third kappa shape index (κ3) is 4.38. The molecule has 126 valence electrons. The first kappa shape index (κ1) is 17.6. The lowest BCUT2D eigenvalue weighted by atomic mass is 10.00. The summed E-state index contributed by atoms with van der Waals surface area (Å²) in [5.74, 6) is -3.13. The summed E-state index contributed by atoms with van der Waals surface area (Å²) in [6.45, 7) is 1.18. The Hall–Kier alpha value is -2.76. The molecule has 1 atom stereocenters. The van der Waals surface area contributed by atoms with Gasteiger partial charge in [0.1, 0.15) is 24.0 Å². The molecule has 0 heterocycles. The highest BCUT2D eigenvalue weighted by Crippen LogP contribution is 2.19. The van der Waals surface area contributed by atoms with E-state index in [2.05, 4.69) is 0 Å². The molecule has 0 aliphatic rings. The Kier molecular flexibility index (Phi) is 5.63. The Bertz CT molecular complexity index is 721. The van der Waals surface area contributed by atoms with Crippen molar-refractivity contribution in [3.8, 4) is 5.75 Å².